The van der Waals surface area contributed by atoms with Crippen LogP contribution in [0.3, 0.4) is 0 Å². The van der Waals surface area contributed by atoms with Gasteiger partial charge in [-0.2, -0.15) is 0 Å². The Labute approximate surface area is 155 Å². The molecule has 2 aromatic rings. The third-order valence-electron chi connectivity index (χ3n) is 4.02. The van der Waals surface area contributed by atoms with Gasteiger partial charge in [-0.05, 0) is 32.0 Å². The van der Waals surface area contributed by atoms with Crippen LogP contribution in [0.4, 0.5) is 0 Å². The predicted octanol–water partition coefficient (Wildman–Crippen LogP) is 2.76. The predicted molar refractivity (Wildman–Crippen MR) is 93.8 cm³/mol. The number of aromatic nitrogens is 1. The fourth-order valence-electron chi connectivity index (χ4n) is 2.72. The van der Waals surface area contributed by atoms with E-state index in [1.54, 1.807) is 36.1 Å². The van der Waals surface area contributed by atoms with Crippen molar-refractivity contribution in [1.29, 1.82) is 0 Å². The first-order valence-electron chi connectivity index (χ1n) is 8.21. The molecule has 0 N–H and O–H groups in total. The lowest BCUT2D eigenvalue weighted by atomic mass is 10.1. The first-order chi connectivity index (χ1) is 12.4. The van der Waals surface area contributed by atoms with E-state index in [2.05, 4.69) is 5.16 Å². The van der Waals surface area contributed by atoms with Crippen LogP contribution in [0.15, 0.2) is 28.8 Å². The molecule has 0 bridgehead atoms. The topological polar surface area (TPSA) is 81.9 Å². The lowest BCUT2D eigenvalue weighted by Crippen LogP contribution is -2.47. The van der Waals surface area contributed by atoms with E-state index in [4.69, 9.17) is 25.6 Å². The number of nitrogens with zero attached hydrogens (tertiary/aromatic N) is 2. The molecule has 26 heavy (non-hydrogen) atoms. The normalized spacial score (nSPS) is 17.2. The summed E-state index contributed by atoms with van der Waals surface area (Å²) in [6.45, 7) is 4.64. The number of ether oxygens (including phenoxy) is 2. The van der Waals surface area contributed by atoms with Crippen molar-refractivity contribution in [2.45, 2.75) is 20.0 Å². The van der Waals surface area contributed by atoms with E-state index in [1.807, 2.05) is 0 Å². The first-order valence-corrected chi connectivity index (χ1v) is 8.59. The van der Waals surface area contributed by atoms with Crippen LogP contribution in [-0.4, -0.2) is 54.2 Å². The average molecular weight is 379 g/mol. The molecular weight excluding hydrogens is 360 g/mol. The Morgan fingerprint density at radius 3 is 2.88 bits per heavy atom. The fourth-order valence-corrected chi connectivity index (χ4v) is 2.89. The molecular formula is C18H19ClN2O5. The van der Waals surface area contributed by atoms with E-state index in [1.165, 1.54) is 6.92 Å². The smallest absolute Gasteiger partial charge is 0.276 e. The first kappa shape index (κ1) is 18.4. The second kappa shape index (κ2) is 7.88. The minimum atomic E-state index is -0.309. The van der Waals surface area contributed by atoms with Crippen LogP contribution in [0.1, 0.15) is 33.5 Å². The highest BCUT2D eigenvalue weighted by Gasteiger charge is 2.27. The molecule has 1 aliphatic rings. The molecule has 0 spiro atoms. The highest BCUT2D eigenvalue weighted by Crippen LogP contribution is 2.24. The minimum absolute atomic E-state index is 0.134. The van der Waals surface area contributed by atoms with Crippen molar-refractivity contribution in [2.75, 3.05) is 26.3 Å². The van der Waals surface area contributed by atoms with Crippen LogP contribution in [0.2, 0.25) is 5.02 Å². The van der Waals surface area contributed by atoms with Crippen molar-refractivity contribution in [3.8, 4) is 5.75 Å². The van der Waals surface area contributed by atoms with Crippen molar-refractivity contribution in [1.82, 2.24) is 10.1 Å². The second-order valence-electron chi connectivity index (χ2n) is 6.07. The summed E-state index contributed by atoms with van der Waals surface area (Å²) in [5, 5.41) is 4.23. The quantitative estimate of drug-likeness (QED) is 0.744. The SMILES string of the molecule is CC(=O)c1cc(Cl)ccc1OCC1CN(C(=O)c2cc(C)on2)CCO1. The Morgan fingerprint density at radius 2 is 2.19 bits per heavy atom. The zero-order valence-corrected chi connectivity index (χ0v) is 15.3. The standard InChI is InChI=1S/C18H19ClN2O5/c1-11-7-16(20-26-11)18(23)21-5-6-24-14(9-21)10-25-17-4-3-13(19)8-15(17)12(2)22/h3-4,7-8,14H,5-6,9-10H2,1-2H3. The molecule has 1 unspecified atom stereocenters. The average Bonchev–Trinajstić information content (AvgIpc) is 3.06. The van der Waals surface area contributed by atoms with Crippen molar-refractivity contribution in [2.24, 2.45) is 0 Å². The molecule has 1 amide bonds. The Hall–Kier alpha value is -2.38. The third-order valence-corrected chi connectivity index (χ3v) is 4.25. The van der Waals surface area contributed by atoms with E-state index < -0.39 is 0 Å². The van der Waals surface area contributed by atoms with Gasteiger partial charge in [0.25, 0.3) is 5.91 Å². The van der Waals surface area contributed by atoms with Crippen LogP contribution in [0.5, 0.6) is 5.75 Å². The summed E-state index contributed by atoms with van der Waals surface area (Å²) in [4.78, 5) is 25.8. The molecule has 3 rings (SSSR count). The third kappa shape index (κ3) is 4.23. The molecule has 1 fully saturated rings. The minimum Gasteiger partial charge on any atom is -0.490 e. The molecule has 0 radical (unpaired) electrons. The number of carbonyl (C=O) groups is 2. The van der Waals surface area contributed by atoms with Crippen molar-refractivity contribution in [3.63, 3.8) is 0 Å². The number of aryl methyl sites for hydroxylation is 1. The van der Waals surface area contributed by atoms with Crippen molar-refractivity contribution >= 4 is 23.3 Å². The van der Waals surface area contributed by atoms with Crippen LogP contribution in [0, 0.1) is 6.92 Å². The maximum atomic E-state index is 12.5. The van der Waals surface area contributed by atoms with Gasteiger partial charge in [0.15, 0.2) is 11.5 Å². The number of Topliss-reactive ketones (excluding diaryl/α,β-unsaturated/α-hetero) is 1. The maximum Gasteiger partial charge on any atom is 0.276 e. The largest absolute Gasteiger partial charge is 0.490 e. The van der Waals surface area contributed by atoms with E-state index in [-0.39, 0.29) is 30.1 Å². The Balaban J connectivity index is 1.62. The number of amides is 1. The molecule has 1 atom stereocenters. The molecule has 7 nitrogen and oxygen atoms in total. The molecule has 0 saturated carbocycles. The lowest BCUT2D eigenvalue weighted by Gasteiger charge is -2.32. The van der Waals surface area contributed by atoms with Gasteiger partial charge in [-0.1, -0.05) is 16.8 Å². The molecule has 8 heteroatoms. The van der Waals surface area contributed by atoms with Crippen molar-refractivity contribution in [3.05, 3.63) is 46.3 Å². The molecule has 1 saturated heterocycles. The van der Waals surface area contributed by atoms with Gasteiger partial charge in [0, 0.05) is 17.6 Å². The monoisotopic (exact) mass is 378 g/mol. The summed E-state index contributed by atoms with van der Waals surface area (Å²) >= 11 is 5.93. The number of hydrogen-bond acceptors (Lipinski definition) is 6. The fraction of sp³-hybridized carbons (Fsp3) is 0.389. The van der Waals surface area contributed by atoms with Gasteiger partial charge < -0.3 is 18.9 Å². The highest BCUT2D eigenvalue weighted by molar-refractivity contribution is 6.31. The van der Waals surface area contributed by atoms with Gasteiger partial charge in [-0.3, -0.25) is 9.59 Å². The van der Waals surface area contributed by atoms with E-state index in [0.29, 0.717) is 41.8 Å². The van der Waals surface area contributed by atoms with E-state index >= 15 is 0 Å². The molecule has 1 aromatic carbocycles. The number of benzene rings is 1. The van der Waals surface area contributed by atoms with Gasteiger partial charge in [0.05, 0.1) is 18.7 Å². The van der Waals surface area contributed by atoms with Crippen LogP contribution in [-0.2, 0) is 4.74 Å². The summed E-state index contributed by atoms with van der Waals surface area (Å²) < 4.78 is 16.4. The number of rotatable bonds is 5. The van der Waals surface area contributed by atoms with Crippen molar-refractivity contribution < 1.29 is 23.6 Å². The molecule has 1 aromatic heterocycles. The summed E-state index contributed by atoms with van der Waals surface area (Å²) in [7, 11) is 0. The van der Waals surface area contributed by atoms with Crippen LogP contribution < -0.4 is 4.74 Å². The molecule has 1 aliphatic heterocycles. The van der Waals surface area contributed by atoms with Gasteiger partial charge in [-0.25, -0.2) is 0 Å². The Kier molecular flexibility index (Phi) is 5.58. The number of carbonyl (C=O) groups excluding carboxylic acids is 2. The number of ketones is 1. The summed E-state index contributed by atoms with van der Waals surface area (Å²) in [5.74, 6) is 0.693. The second-order valence-corrected chi connectivity index (χ2v) is 6.51. The molecule has 138 valence electrons. The van der Waals surface area contributed by atoms with Gasteiger partial charge in [0.2, 0.25) is 0 Å². The van der Waals surface area contributed by atoms with Gasteiger partial charge in [0.1, 0.15) is 24.2 Å². The van der Waals surface area contributed by atoms with Gasteiger partial charge >= 0.3 is 0 Å². The molecule has 0 aliphatic carbocycles. The summed E-state index contributed by atoms with van der Waals surface area (Å²) in [6, 6.07) is 6.50. The number of morpholine rings is 1. The van der Waals surface area contributed by atoms with E-state index in [0.717, 1.165) is 0 Å². The Morgan fingerprint density at radius 1 is 1.38 bits per heavy atom. The number of halogens is 1. The molecule has 2 heterocycles. The maximum absolute atomic E-state index is 12.5. The summed E-state index contributed by atoms with van der Waals surface area (Å²) in [6.07, 6.45) is -0.309. The van der Waals surface area contributed by atoms with E-state index in [9.17, 15) is 9.59 Å². The van der Waals surface area contributed by atoms with Gasteiger partial charge in [-0.15, -0.1) is 0 Å². The van der Waals surface area contributed by atoms with Crippen LogP contribution in [0.25, 0.3) is 0 Å². The summed E-state index contributed by atoms with van der Waals surface area (Å²) in [5.41, 5.74) is 0.694. The lowest BCUT2D eigenvalue weighted by molar-refractivity contribution is -0.0404. The zero-order valence-electron chi connectivity index (χ0n) is 14.5. The van der Waals surface area contributed by atoms with Crippen LogP contribution >= 0.6 is 11.6 Å². The zero-order chi connectivity index (χ0) is 18.7. The Bertz CT molecular complexity index is 820. The number of hydrogen-bond donors (Lipinski definition) is 0. The highest BCUT2D eigenvalue weighted by atomic mass is 35.5.